The van der Waals surface area contributed by atoms with Crippen molar-refractivity contribution in [3.8, 4) is 0 Å². The zero-order valence-corrected chi connectivity index (χ0v) is 61.3. The maximum atomic E-state index is 13.6. The van der Waals surface area contributed by atoms with E-state index in [9.17, 15) is 90.7 Å². The van der Waals surface area contributed by atoms with E-state index < -0.39 is 198 Å². The Morgan fingerprint density at radius 1 is 0.510 bits per heavy atom. The van der Waals surface area contributed by atoms with E-state index >= 15 is 0 Å². The first-order valence-electron chi connectivity index (χ1n) is 38.6. The molecule has 4 heterocycles. The molecule has 0 radical (unpaired) electrons. The molecule has 102 heavy (non-hydrogen) atoms. The van der Waals surface area contributed by atoms with E-state index in [0.717, 1.165) is 65.2 Å². The molecule has 0 bridgehead atoms. The SMILES string of the molecule is CCCCCCCCCCCCCC=C[C@@H](O)[C@H](CO[C@@H]1O[C@H](CO)[C@@H](O[C@@H]2O[C@H](CO)[C@H](O[C@@H]3O[C@H](CO)[C@H](O)[C@H](O)[C@H]3NC(C)=O)[C@H](O[C@]3(C(=O)O)C[C@H](O)[C@@H](NC(C)=O)C([C@H](O)[C@H](O)CO)O3)[C@H]2O)[C@H](O)[C@H]1O)NC(=O)CCCCCCCCCCCCCCCCCCCCCCC. The fourth-order valence-electron chi connectivity index (χ4n) is 13.9. The van der Waals surface area contributed by atoms with Crippen molar-refractivity contribution in [2.45, 2.75) is 393 Å². The van der Waals surface area contributed by atoms with Gasteiger partial charge in [-0.15, -0.1) is 0 Å². The second-order valence-electron chi connectivity index (χ2n) is 28.6. The van der Waals surface area contributed by atoms with Gasteiger partial charge in [0, 0.05) is 26.7 Å². The summed E-state index contributed by atoms with van der Waals surface area (Å²) in [5.74, 6) is -7.36. The van der Waals surface area contributed by atoms with Crippen molar-refractivity contribution >= 4 is 23.7 Å². The summed E-state index contributed by atoms with van der Waals surface area (Å²) in [6, 6.07) is -4.52. The highest BCUT2D eigenvalue weighted by Crippen LogP contribution is 2.40. The summed E-state index contributed by atoms with van der Waals surface area (Å²) in [6.07, 6.45) is 3.75. The van der Waals surface area contributed by atoms with Crippen LogP contribution in [-0.2, 0) is 57.1 Å². The Morgan fingerprint density at radius 2 is 0.951 bits per heavy atom. The van der Waals surface area contributed by atoms with Crippen molar-refractivity contribution in [3.05, 3.63) is 12.2 Å². The highest BCUT2D eigenvalue weighted by Gasteiger charge is 2.62. The molecule has 4 aliphatic heterocycles. The number of carboxylic acid groups (broad SMARTS) is 1. The number of carbonyl (C=O) groups is 4. The summed E-state index contributed by atoms with van der Waals surface area (Å²) in [5, 5.41) is 163. The molecule has 17 N–H and O–H groups in total. The molecule has 23 atom stereocenters. The van der Waals surface area contributed by atoms with Crippen LogP contribution in [-0.4, -0.2) is 269 Å². The van der Waals surface area contributed by atoms with Crippen molar-refractivity contribution in [3.63, 3.8) is 0 Å². The molecule has 3 amide bonds. The number of allylic oxidation sites excluding steroid dienone is 1. The molecule has 4 rings (SSSR count). The fourth-order valence-corrected chi connectivity index (χ4v) is 13.9. The molecule has 4 saturated heterocycles. The van der Waals surface area contributed by atoms with Gasteiger partial charge in [0.1, 0.15) is 91.5 Å². The van der Waals surface area contributed by atoms with Gasteiger partial charge in [0.25, 0.3) is 5.79 Å². The van der Waals surface area contributed by atoms with Crippen LogP contribution in [0, 0.1) is 0 Å². The van der Waals surface area contributed by atoms with Crippen LogP contribution < -0.4 is 16.0 Å². The molecular weight excluding hydrogens is 1330 g/mol. The lowest BCUT2D eigenvalue weighted by Gasteiger charge is -2.52. The number of amides is 3. The minimum atomic E-state index is -3.28. The van der Waals surface area contributed by atoms with E-state index in [4.69, 9.17) is 37.9 Å². The first-order valence-corrected chi connectivity index (χ1v) is 38.6. The van der Waals surface area contributed by atoms with Crippen LogP contribution in [0.5, 0.6) is 0 Å². The molecule has 0 aromatic rings. The van der Waals surface area contributed by atoms with Crippen LogP contribution in [0.15, 0.2) is 12.2 Å². The molecule has 0 aromatic carbocycles. The molecule has 4 aliphatic rings. The number of aliphatic hydroxyl groups excluding tert-OH is 13. The molecule has 4 fully saturated rings. The molecule has 0 saturated carbocycles. The summed E-state index contributed by atoms with van der Waals surface area (Å²) in [4.78, 5) is 52.0. The maximum Gasteiger partial charge on any atom is 0.364 e. The summed E-state index contributed by atoms with van der Waals surface area (Å²) in [7, 11) is 0. The Morgan fingerprint density at radius 3 is 1.42 bits per heavy atom. The Hall–Kier alpha value is -3.22. The zero-order chi connectivity index (χ0) is 75.0. The van der Waals surface area contributed by atoms with E-state index in [1.54, 1.807) is 6.08 Å². The lowest BCUT2D eigenvalue weighted by atomic mass is 9.88. The number of aliphatic carboxylic acids is 1. The van der Waals surface area contributed by atoms with Crippen molar-refractivity contribution in [1.29, 1.82) is 0 Å². The van der Waals surface area contributed by atoms with Gasteiger partial charge in [0.05, 0.1) is 57.3 Å². The van der Waals surface area contributed by atoms with Gasteiger partial charge in [-0.1, -0.05) is 219 Å². The Kier molecular flexibility index (Phi) is 45.7. The molecule has 0 spiro atoms. The van der Waals surface area contributed by atoms with Gasteiger partial charge in [-0.3, -0.25) is 14.4 Å². The predicted molar refractivity (Wildman–Crippen MR) is 373 cm³/mol. The molecule has 29 nitrogen and oxygen atoms in total. The van der Waals surface area contributed by atoms with Crippen LogP contribution in [0.3, 0.4) is 0 Å². The average molecular weight is 1470 g/mol. The smallest absolute Gasteiger partial charge is 0.364 e. The van der Waals surface area contributed by atoms with Gasteiger partial charge in [-0.05, 0) is 19.3 Å². The maximum absolute atomic E-state index is 13.6. The minimum absolute atomic E-state index is 0.162. The summed E-state index contributed by atoms with van der Waals surface area (Å²) in [5.41, 5.74) is 0. The van der Waals surface area contributed by atoms with Gasteiger partial charge in [0.2, 0.25) is 17.7 Å². The summed E-state index contributed by atoms with van der Waals surface area (Å²) in [6.45, 7) is 1.76. The standard InChI is InChI=1S/C73H133N3O26/c1-5-7-9-11-13-15-17-19-20-21-22-23-24-25-26-28-30-32-34-36-38-40-56(86)76-49(50(83)39-37-35-33-31-29-27-18-16-14-12-10-8-6-2)46-95-70-63(91)62(90)65(54(44-79)97-70)99-71-64(92)68(66(55(45-80)98-71)100-69-58(75-48(4)82)61(89)60(88)53(43-78)96-69)102-73(72(93)94)41-51(84)57(74-47(3)81)67(101-73)59(87)52(85)42-77/h37,39,49-55,57-71,77-80,83-85,87-92H,5-36,38,40-46H2,1-4H3,(H,74,81)(H,75,82)(H,76,86)(H,93,94)/t49-,50+,51-,52+,53+,54+,55+,57+,58+,59+,60-,61+,62+,63+,64+,65+,66-,67?,68+,69-,70+,71-,73-/m0/s1. The molecule has 596 valence electrons. The average Bonchev–Trinajstić information content (AvgIpc) is 0.748. The predicted octanol–water partition coefficient (Wildman–Crippen LogP) is 3.47. The third kappa shape index (κ3) is 31.2. The van der Waals surface area contributed by atoms with Gasteiger partial charge in [0.15, 0.2) is 18.9 Å². The Labute approximate surface area is 604 Å². The first-order chi connectivity index (χ1) is 49.0. The Bertz CT molecular complexity index is 2280. The highest BCUT2D eigenvalue weighted by molar-refractivity contribution is 5.77. The minimum Gasteiger partial charge on any atom is -0.477 e. The molecule has 29 heteroatoms. The third-order valence-electron chi connectivity index (χ3n) is 20.0. The second-order valence-corrected chi connectivity index (χ2v) is 28.6. The highest BCUT2D eigenvalue weighted by atomic mass is 16.8. The van der Waals surface area contributed by atoms with Crippen molar-refractivity contribution < 1.29 is 129 Å². The first kappa shape index (κ1) is 91.2. The van der Waals surface area contributed by atoms with E-state index in [1.165, 1.54) is 148 Å². The van der Waals surface area contributed by atoms with Crippen LogP contribution in [0.2, 0.25) is 0 Å². The van der Waals surface area contributed by atoms with Crippen molar-refractivity contribution in [2.75, 3.05) is 33.0 Å². The van der Waals surface area contributed by atoms with Gasteiger partial charge in [-0.2, -0.15) is 0 Å². The summed E-state index contributed by atoms with van der Waals surface area (Å²) < 4.78 is 48.0. The van der Waals surface area contributed by atoms with Gasteiger partial charge >= 0.3 is 5.97 Å². The number of ether oxygens (including phenoxy) is 8. The fraction of sp³-hybridized carbons (Fsp3) is 0.918. The normalized spacial score (nSPS) is 31.1. The number of rotatable bonds is 55. The number of hydrogen-bond donors (Lipinski definition) is 17. The third-order valence-corrected chi connectivity index (χ3v) is 20.0. The molecular formula is C73H133N3O26. The zero-order valence-electron chi connectivity index (χ0n) is 61.3. The van der Waals surface area contributed by atoms with E-state index in [1.807, 2.05) is 6.08 Å². The largest absolute Gasteiger partial charge is 0.477 e. The lowest BCUT2D eigenvalue weighted by molar-refractivity contribution is -0.401. The number of hydrogen-bond acceptors (Lipinski definition) is 25. The van der Waals surface area contributed by atoms with E-state index in [-0.39, 0.29) is 12.3 Å². The van der Waals surface area contributed by atoms with Gasteiger partial charge in [-0.25, -0.2) is 4.79 Å². The Balaban J connectivity index is 1.48. The number of unbranched alkanes of at least 4 members (excludes halogenated alkanes) is 31. The van der Waals surface area contributed by atoms with E-state index in [2.05, 4.69) is 29.8 Å². The number of carboxylic acids is 1. The summed E-state index contributed by atoms with van der Waals surface area (Å²) >= 11 is 0. The van der Waals surface area contributed by atoms with Crippen molar-refractivity contribution in [2.24, 2.45) is 0 Å². The lowest BCUT2D eigenvalue weighted by Crippen LogP contribution is -2.72. The van der Waals surface area contributed by atoms with Crippen LogP contribution in [0.4, 0.5) is 0 Å². The van der Waals surface area contributed by atoms with Crippen molar-refractivity contribution in [1.82, 2.24) is 16.0 Å². The van der Waals surface area contributed by atoms with Gasteiger partial charge < -0.3 is 125 Å². The molecule has 0 aromatic heterocycles. The number of carbonyl (C=O) groups excluding carboxylic acids is 3. The van der Waals surface area contributed by atoms with Crippen LogP contribution in [0.1, 0.15) is 252 Å². The quantitative estimate of drug-likeness (QED) is 0.0306. The van der Waals surface area contributed by atoms with Crippen LogP contribution >= 0.6 is 0 Å². The monoisotopic (exact) mass is 1470 g/mol. The number of nitrogens with one attached hydrogen (secondary N) is 3. The second kappa shape index (κ2) is 51.2. The van der Waals surface area contributed by atoms with E-state index in [0.29, 0.717) is 12.8 Å². The molecule has 1 unspecified atom stereocenters. The topological polar surface area (TPSA) is 461 Å². The number of aliphatic hydroxyl groups is 13. The molecule has 0 aliphatic carbocycles. The van der Waals surface area contributed by atoms with Crippen LogP contribution in [0.25, 0.3) is 0 Å².